The van der Waals surface area contributed by atoms with Gasteiger partial charge in [-0.1, -0.05) is 53.7 Å². The van der Waals surface area contributed by atoms with Crippen molar-refractivity contribution in [1.29, 1.82) is 5.26 Å². The zero-order valence-electron chi connectivity index (χ0n) is 15.1. The Kier molecular flexibility index (Phi) is 5.24. The Balaban J connectivity index is 1.61. The van der Waals surface area contributed by atoms with Crippen LogP contribution in [0.2, 0.25) is 0 Å². The molecule has 0 N–H and O–H groups in total. The van der Waals surface area contributed by atoms with Gasteiger partial charge in [-0.25, -0.2) is 9.97 Å². The molecule has 0 bridgehead atoms. The van der Waals surface area contributed by atoms with Gasteiger partial charge in [-0.3, -0.25) is 9.36 Å². The number of aromatic nitrogens is 3. The van der Waals surface area contributed by atoms with E-state index in [1.165, 1.54) is 21.9 Å². The third-order valence-electron chi connectivity index (χ3n) is 4.32. The predicted octanol–water partition coefficient (Wildman–Crippen LogP) is 4.64. The van der Waals surface area contributed by atoms with Gasteiger partial charge >= 0.3 is 0 Å². The Bertz CT molecular complexity index is 1240. The van der Waals surface area contributed by atoms with Crippen molar-refractivity contribution in [1.82, 2.24) is 14.5 Å². The summed E-state index contributed by atoms with van der Waals surface area (Å²) in [4.78, 5) is 22.0. The summed E-state index contributed by atoms with van der Waals surface area (Å²) >= 11 is 3.09. The molecule has 138 valence electrons. The van der Waals surface area contributed by atoms with Crippen molar-refractivity contribution < 1.29 is 0 Å². The minimum Gasteiger partial charge on any atom is -0.281 e. The van der Waals surface area contributed by atoms with Crippen LogP contribution in [0.25, 0.3) is 22.2 Å². The van der Waals surface area contributed by atoms with E-state index in [0.717, 1.165) is 15.6 Å². The van der Waals surface area contributed by atoms with Crippen LogP contribution in [-0.4, -0.2) is 14.5 Å². The van der Waals surface area contributed by atoms with Gasteiger partial charge in [0.25, 0.3) is 5.56 Å². The van der Waals surface area contributed by atoms with Crippen LogP contribution in [0.1, 0.15) is 11.4 Å². The molecule has 0 atom stereocenters. The van der Waals surface area contributed by atoms with Crippen molar-refractivity contribution in [3.63, 3.8) is 0 Å². The van der Waals surface area contributed by atoms with Crippen LogP contribution in [-0.2, 0) is 12.3 Å². The van der Waals surface area contributed by atoms with E-state index < -0.39 is 0 Å². The normalized spacial score (nSPS) is 10.9. The minimum absolute atomic E-state index is 0.0148. The first-order valence-corrected chi connectivity index (χ1v) is 10.5. The molecule has 0 fully saturated rings. The summed E-state index contributed by atoms with van der Waals surface area (Å²) in [7, 11) is 0. The van der Waals surface area contributed by atoms with E-state index in [2.05, 4.69) is 47.2 Å². The summed E-state index contributed by atoms with van der Waals surface area (Å²) in [5, 5.41) is 11.7. The molecule has 2 aromatic heterocycles. The first-order valence-electron chi connectivity index (χ1n) is 8.66. The maximum atomic E-state index is 12.7. The molecule has 0 saturated heterocycles. The number of fused-ring (bicyclic) bond motifs is 1. The maximum absolute atomic E-state index is 12.7. The molecule has 2 aromatic carbocycles. The molecule has 0 radical (unpaired) electrons. The summed E-state index contributed by atoms with van der Waals surface area (Å²) in [6.07, 6.45) is 0. The lowest BCUT2D eigenvalue weighted by Crippen LogP contribution is -2.24. The topological polar surface area (TPSA) is 71.6 Å². The number of hydrogen-bond donors (Lipinski definition) is 0. The summed E-state index contributed by atoms with van der Waals surface area (Å²) < 4.78 is 2.35. The van der Waals surface area contributed by atoms with Gasteiger partial charge in [-0.05, 0) is 19.1 Å². The number of hydrogen-bond acceptors (Lipinski definition) is 6. The van der Waals surface area contributed by atoms with Crippen LogP contribution in [0.15, 0.2) is 63.0 Å². The van der Waals surface area contributed by atoms with E-state index >= 15 is 0 Å². The summed E-state index contributed by atoms with van der Waals surface area (Å²) in [6, 6.07) is 17.5. The summed E-state index contributed by atoms with van der Waals surface area (Å²) in [5.41, 5.74) is 3.71. The van der Waals surface area contributed by atoms with Crippen LogP contribution in [0, 0.1) is 18.3 Å². The van der Waals surface area contributed by atoms with Crippen molar-refractivity contribution in [3.05, 3.63) is 75.7 Å². The minimum atomic E-state index is -0.178. The SMILES string of the molecule is Cc1ccc(-c2csc(SCc3nc4ccccc4c(=O)n3CC#N)n2)cc1. The molecule has 0 aliphatic carbocycles. The Morgan fingerprint density at radius 2 is 1.93 bits per heavy atom. The van der Waals surface area contributed by atoms with Crippen LogP contribution in [0.3, 0.4) is 0 Å². The van der Waals surface area contributed by atoms with Crippen molar-refractivity contribution >= 4 is 34.0 Å². The van der Waals surface area contributed by atoms with Gasteiger partial charge in [-0.15, -0.1) is 11.3 Å². The highest BCUT2D eigenvalue weighted by atomic mass is 32.2. The number of aryl methyl sites for hydroxylation is 1. The molecule has 0 saturated carbocycles. The largest absolute Gasteiger partial charge is 0.281 e. The van der Waals surface area contributed by atoms with Crippen molar-refractivity contribution in [2.75, 3.05) is 0 Å². The number of nitrogens with zero attached hydrogens (tertiary/aromatic N) is 4. The second-order valence-corrected chi connectivity index (χ2v) is 8.33. The van der Waals surface area contributed by atoms with Crippen LogP contribution < -0.4 is 5.56 Å². The van der Waals surface area contributed by atoms with Gasteiger partial charge in [0.2, 0.25) is 0 Å². The second kappa shape index (κ2) is 7.97. The standard InChI is InChI=1S/C21H16N4OS2/c1-14-6-8-15(9-7-14)18-12-27-21(24-18)28-13-19-23-17-5-3-2-4-16(17)20(26)25(19)11-10-22/h2-9,12H,11,13H2,1H3. The summed E-state index contributed by atoms with van der Waals surface area (Å²) in [5.74, 6) is 1.06. The number of benzene rings is 2. The van der Waals surface area contributed by atoms with E-state index in [4.69, 9.17) is 5.26 Å². The zero-order valence-corrected chi connectivity index (χ0v) is 16.8. The third-order valence-corrected chi connectivity index (χ3v) is 6.34. The first kappa shape index (κ1) is 18.4. The fraction of sp³-hybridized carbons (Fsp3) is 0.143. The number of para-hydroxylation sites is 1. The zero-order chi connectivity index (χ0) is 19.5. The maximum Gasteiger partial charge on any atom is 0.262 e. The van der Waals surface area contributed by atoms with Crippen molar-refractivity contribution in [3.8, 4) is 17.3 Å². The molecule has 0 amide bonds. The second-order valence-electron chi connectivity index (χ2n) is 6.25. The lowest BCUT2D eigenvalue weighted by Gasteiger charge is -2.09. The van der Waals surface area contributed by atoms with Crippen LogP contribution >= 0.6 is 23.1 Å². The Morgan fingerprint density at radius 3 is 2.71 bits per heavy atom. The molecule has 4 rings (SSSR count). The average molecular weight is 405 g/mol. The quantitative estimate of drug-likeness (QED) is 0.453. The smallest absolute Gasteiger partial charge is 0.262 e. The predicted molar refractivity (Wildman–Crippen MR) is 113 cm³/mol. The van der Waals surface area contributed by atoms with Gasteiger partial charge in [0.1, 0.15) is 12.4 Å². The lowest BCUT2D eigenvalue weighted by atomic mass is 10.1. The van der Waals surface area contributed by atoms with E-state index in [-0.39, 0.29) is 12.1 Å². The lowest BCUT2D eigenvalue weighted by molar-refractivity contribution is 0.730. The molecule has 2 heterocycles. The van der Waals surface area contributed by atoms with Gasteiger partial charge < -0.3 is 0 Å². The number of thioether (sulfide) groups is 1. The Hall–Kier alpha value is -2.95. The van der Waals surface area contributed by atoms with Crippen LogP contribution in [0.4, 0.5) is 0 Å². The average Bonchev–Trinajstić information content (AvgIpc) is 3.18. The Labute approximate surface area is 170 Å². The van der Waals surface area contributed by atoms with Gasteiger partial charge in [0, 0.05) is 10.9 Å². The molecular weight excluding hydrogens is 388 g/mol. The monoisotopic (exact) mass is 404 g/mol. The van der Waals surface area contributed by atoms with E-state index in [9.17, 15) is 4.79 Å². The number of rotatable bonds is 5. The molecule has 4 aromatic rings. The molecule has 0 spiro atoms. The van der Waals surface area contributed by atoms with Gasteiger partial charge in [0.05, 0.1) is 28.4 Å². The van der Waals surface area contributed by atoms with Gasteiger partial charge in [0.15, 0.2) is 4.34 Å². The van der Waals surface area contributed by atoms with Gasteiger partial charge in [-0.2, -0.15) is 5.26 Å². The van der Waals surface area contributed by atoms with E-state index in [1.54, 1.807) is 23.5 Å². The third kappa shape index (κ3) is 3.70. The fourth-order valence-corrected chi connectivity index (χ4v) is 4.65. The van der Waals surface area contributed by atoms with E-state index in [1.807, 2.05) is 17.5 Å². The highest BCUT2D eigenvalue weighted by molar-refractivity contribution is 8.00. The van der Waals surface area contributed by atoms with Crippen molar-refractivity contribution in [2.24, 2.45) is 0 Å². The molecule has 28 heavy (non-hydrogen) atoms. The van der Waals surface area contributed by atoms with Crippen LogP contribution in [0.5, 0.6) is 0 Å². The molecular formula is C21H16N4OS2. The molecule has 7 heteroatoms. The molecule has 0 unspecified atom stereocenters. The van der Waals surface area contributed by atoms with E-state index in [0.29, 0.717) is 22.5 Å². The highest BCUT2D eigenvalue weighted by Gasteiger charge is 2.12. The number of nitriles is 1. The highest BCUT2D eigenvalue weighted by Crippen LogP contribution is 2.30. The fourth-order valence-electron chi connectivity index (χ4n) is 2.86. The molecule has 0 aliphatic heterocycles. The first-order chi connectivity index (χ1) is 13.7. The molecule has 0 aliphatic rings. The summed E-state index contributed by atoms with van der Waals surface area (Å²) in [6.45, 7) is 2.04. The Morgan fingerprint density at radius 1 is 1.14 bits per heavy atom. The molecule has 5 nitrogen and oxygen atoms in total. The number of thiazole rings is 1. The van der Waals surface area contributed by atoms with Crippen molar-refractivity contribution in [2.45, 2.75) is 23.6 Å².